The quantitative estimate of drug-likeness (QED) is 0.600. The number of aryl methyl sites for hydroxylation is 1. The van der Waals surface area contributed by atoms with Crippen molar-refractivity contribution in [1.82, 2.24) is 4.57 Å². The Hall–Kier alpha value is -1.80. The molecule has 1 heterocycles. The Bertz CT molecular complexity index is 833. The summed E-state index contributed by atoms with van der Waals surface area (Å²) in [6.45, 7) is 0.770. The zero-order valence-electron chi connectivity index (χ0n) is 12.3. The number of aromatic nitrogens is 1. The number of halogens is 2. The van der Waals surface area contributed by atoms with Crippen molar-refractivity contribution in [2.75, 3.05) is 0 Å². The van der Waals surface area contributed by atoms with Gasteiger partial charge in [0.15, 0.2) is 0 Å². The van der Waals surface area contributed by atoms with Crippen LogP contribution in [0.4, 0.5) is 4.39 Å². The van der Waals surface area contributed by atoms with Gasteiger partial charge in [0.1, 0.15) is 5.82 Å². The van der Waals surface area contributed by atoms with Crippen LogP contribution in [0, 0.1) is 5.82 Å². The van der Waals surface area contributed by atoms with Gasteiger partial charge < -0.3 is 4.57 Å². The van der Waals surface area contributed by atoms with E-state index in [0.29, 0.717) is 0 Å². The maximum Gasteiger partial charge on any atom is 0.132 e. The Morgan fingerprint density at radius 2 is 1.77 bits per heavy atom. The van der Waals surface area contributed by atoms with E-state index < -0.39 is 0 Å². The molecule has 22 heavy (non-hydrogen) atoms. The molecule has 112 valence electrons. The Morgan fingerprint density at radius 1 is 1.00 bits per heavy atom. The molecule has 0 saturated heterocycles. The van der Waals surface area contributed by atoms with Crippen molar-refractivity contribution in [2.45, 2.75) is 32.2 Å². The zero-order chi connectivity index (χ0) is 15.1. The molecule has 3 heteroatoms. The molecule has 1 nitrogen and oxygen atoms in total. The van der Waals surface area contributed by atoms with Crippen molar-refractivity contribution >= 4 is 22.5 Å². The molecule has 1 aliphatic carbocycles. The largest absolute Gasteiger partial charge is 0.340 e. The summed E-state index contributed by atoms with van der Waals surface area (Å²) in [5.74, 6) is -0.0921. The molecule has 4 rings (SSSR count). The summed E-state index contributed by atoms with van der Waals surface area (Å²) in [6, 6.07) is 13.3. The van der Waals surface area contributed by atoms with Crippen LogP contribution in [0.5, 0.6) is 0 Å². The zero-order valence-corrected chi connectivity index (χ0v) is 13.0. The maximum atomic E-state index is 14.3. The van der Waals surface area contributed by atoms with Gasteiger partial charge >= 0.3 is 0 Å². The second-order valence-electron chi connectivity index (χ2n) is 5.98. The summed E-state index contributed by atoms with van der Waals surface area (Å²) in [5.41, 5.74) is 4.73. The van der Waals surface area contributed by atoms with Crippen LogP contribution in [0.15, 0.2) is 42.5 Å². The van der Waals surface area contributed by atoms with Crippen molar-refractivity contribution in [3.8, 4) is 0 Å². The lowest BCUT2D eigenvalue weighted by atomic mass is 9.95. The number of hydrogen-bond acceptors (Lipinski definition) is 0. The van der Waals surface area contributed by atoms with Crippen LogP contribution < -0.4 is 0 Å². The number of nitrogens with zero attached hydrogens (tertiary/aromatic N) is 1. The maximum absolute atomic E-state index is 14.3. The van der Waals surface area contributed by atoms with Crippen LogP contribution >= 0.6 is 11.6 Å². The fraction of sp³-hybridized carbons (Fsp3) is 0.263. The first-order chi connectivity index (χ1) is 10.7. The lowest BCUT2D eigenvalue weighted by Gasteiger charge is -2.16. The number of rotatable bonds is 2. The average Bonchev–Trinajstić information content (AvgIpc) is 2.85. The minimum Gasteiger partial charge on any atom is -0.340 e. The van der Waals surface area contributed by atoms with Gasteiger partial charge in [0.2, 0.25) is 0 Å². The molecule has 3 aromatic rings. The molecular weight excluding hydrogens is 297 g/mol. The van der Waals surface area contributed by atoms with Gasteiger partial charge in [-0.1, -0.05) is 29.8 Å². The van der Waals surface area contributed by atoms with Gasteiger partial charge in [0.05, 0.1) is 5.52 Å². The third-order valence-corrected chi connectivity index (χ3v) is 4.85. The highest BCUT2D eigenvalue weighted by Gasteiger charge is 2.22. The van der Waals surface area contributed by atoms with E-state index in [1.807, 2.05) is 36.4 Å². The van der Waals surface area contributed by atoms with E-state index >= 15 is 0 Å². The minimum atomic E-state index is -0.0921. The number of hydrogen-bond donors (Lipinski definition) is 0. The van der Waals surface area contributed by atoms with Gasteiger partial charge in [0, 0.05) is 22.6 Å². The van der Waals surface area contributed by atoms with Crippen molar-refractivity contribution in [2.24, 2.45) is 0 Å². The normalized spacial score (nSPS) is 14.3. The molecule has 0 spiro atoms. The smallest absolute Gasteiger partial charge is 0.132 e. The molecule has 0 saturated carbocycles. The van der Waals surface area contributed by atoms with Crippen LogP contribution in [0.2, 0.25) is 5.02 Å². The van der Waals surface area contributed by atoms with Crippen molar-refractivity contribution in [3.63, 3.8) is 0 Å². The predicted molar refractivity (Wildman–Crippen MR) is 89.1 cm³/mol. The fourth-order valence-corrected chi connectivity index (χ4v) is 3.72. The van der Waals surface area contributed by atoms with E-state index in [1.54, 1.807) is 6.07 Å². The first kappa shape index (κ1) is 13.8. The Balaban J connectivity index is 1.89. The van der Waals surface area contributed by atoms with Crippen molar-refractivity contribution in [3.05, 3.63) is 70.1 Å². The minimum absolute atomic E-state index is 0.0921. The first-order valence-electron chi connectivity index (χ1n) is 7.77. The summed E-state index contributed by atoms with van der Waals surface area (Å²) in [7, 11) is 0. The van der Waals surface area contributed by atoms with Gasteiger partial charge in [-0.15, -0.1) is 0 Å². The molecule has 1 aliphatic rings. The first-order valence-corrected chi connectivity index (χ1v) is 8.15. The van der Waals surface area contributed by atoms with Crippen LogP contribution in [0.3, 0.4) is 0 Å². The lowest BCUT2D eigenvalue weighted by Crippen LogP contribution is -2.09. The second-order valence-corrected chi connectivity index (χ2v) is 6.42. The number of benzene rings is 2. The summed E-state index contributed by atoms with van der Waals surface area (Å²) < 4.78 is 16.6. The van der Waals surface area contributed by atoms with Gasteiger partial charge in [-0.3, -0.25) is 0 Å². The summed E-state index contributed by atoms with van der Waals surface area (Å²) in [6.07, 6.45) is 4.37. The van der Waals surface area contributed by atoms with Crippen molar-refractivity contribution in [1.29, 1.82) is 0 Å². The summed E-state index contributed by atoms with van der Waals surface area (Å²) >= 11 is 5.97. The lowest BCUT2D eigenvalue weighted by molar-refractivity contribution is 0.629. The van der Waals surface area contributed by atoms with Crippen molar-refractivity contribution < 1.29 is 4.39 Å². The van der Waals surface area contributed by atoms with Gasteiger partial charge in [-0.25, -0.2) is 4.39 Å². The van der Waals surface area contributed by atoms with E-state index in [0.717, 1.165) is 41.7 Å². The van der Waals surface area contributed by atoms with Gasteiger partial charge in [0.25, 0.3) is 0 Å². The molecule has 0 amide bonds. The molecular formula is C19H17ClFN. The summed E-state index contributed by atoms with van der Waals surface area (Å²) in [4.78, 5) is 0. The molecule has 0 N–H and O–H groups in total. The van der Waals surface area contributed by atoms with Gasteiger partial charge in [-0.05, 0) is 61.1 Å². The summed E-state index contributed by atoms with van der Waals surface area (Å²) in [5, 5.41) is 1.57. The third kappa shape index (κ3) is 2.22. The Morgan fingerprint density at radius 3 is 2.59 bits per heavy atom. The molecule has 0 radical (unpaired) electrons. The van der Waals surface area contributed by atoms with E-state index in [4.69, 9.17) is 11.6 Å². The SMILES string of the molecule is Fc1cccc2c1c1c(n2Cc2ccc(Cl)cc2)CCCC1. The number of fused-ring (bicyclic) bond motifs is 3. The molecule has 2 aromatic carbocycles. The second kappa shape index (κ2) is 5.44. The molecule has 0 unspecified atom stereocenters. The molecule has 0 bridgehead atoms. The van der Waals surface area contributed by atoms with E-state index in [-0.39, 0.29) is 5.82 Å². The highest BCUT2D eigenvalue weighted by Crippen LogP contribution is 2.34. The average molecular weight is 314 g/mol. The highest BCUT2D eigenvalue weighted by molar-refractivity contribution is 6.30. The molecule has 0 atom stereocenters. The van der Waals surface area contributed by atoms with Crippen LogP contribution in [0.1, 0.15) is 29.7 Å². The third-order valence-electron chi connectivity index (χ3n) is 4.60. The monoisotopic (exact) mass is 313 g/mol. The van der Waals surface area contributed by atoms with E-state index in [2.05, 4.69) is 4.57 Å². The van der Waals surface area contributed by atoms with Crippen LogP contribution in [-0.2, 0) is 19.4 Å². The highest BCUT2D eigenvalue weighted by atomic mass is 35.5. The van der Waals surface area contributed by atoms with Gasteiger partial charge in [-0.2, -0.15) is 0 Å². The topological polar surface area (TPSA) is 4.93 Å². The Labute approximate surface area is 134 Å². The Kier molecular flexibility index (Phi) is 3.42. The van der Waals surface area contributed by atoms with E-state index in [1.165, 1.54) is 23.2 Å². The van der Waals surface area contributed by atoms with Crippen LogP contribution in [0.25, 0.3) is 10.9 Å². The van der Waals surface area contributed by atoms with Crippen LogP contribution in [-0.4, -0.2) is 4.57 Å². The van der Waals surface area contributed by atoms with E-state index in [9.17, 15) is 4.39 Å². The fourth-order valence-electron chi connectivity index (χ4n) is 3.59. The standard InChI is InChI=1S/C19H17ClFN/c20-14-10-8-13(9-11-14)12-22-17-6-2-1-4-15(17)19-16(21)5-3-7-18(19)22/h3,5,7-11H,1-2,4,6,12H2. The molecule has 1 aromatic heterocycles. The predicted octanol–water partition coefficient (Wildman–Crippen LogP) is 5.36. The molecule has 0 fully saturated rings. The molecule has 0 aliphatic heterocycles.